The van der Waals surface area contributed by atoms with Gasteiger partial charge < -0.3 is 0 Å². The Morgan fingerprint density at radius 2 is 1.95 bits per heavy atom. The zero-order valence-corrected chi connectivity index (χ0v) is 11.5. The molecule has 0 N–H and O–H groups in total. The van der Waals surface area contributed by atoms with Crippen molar-refractivity contribution >= 4 is 22.8 Å². The SMILES string of the molecule is CSc1nc(C(F)F)c2ccc(=O)n(C(C)C)c2n1. The van der Waals surface area contributed by atoms with Crippen LogP contribution in [0.2, 0.25) is 0 Å². The molecule has 0 amide bonds. The third-order valence-corrected chi connectivity index (χ3v) is 3.25. The maximum atomic E-state index is 13.1. The van der Waals surface area contributed by atoms with E-state index in [9.17, 15) is 13.6 Å². The lowest BCUT2D eigenvalue weighted by atomic mass is 10.2. The fourth-order valence-electron chi connectivity index (χ4n) is 1.89. The van der Waals surface area contributed by atoms with Crippen LogP contribution in [-0.4, -0.2) is 20.8 Å². The van der Waals surface area contributed by atoms with Gasteiger partial charge in [-0.2, -0.15) is 0 Å². The summed E-state index contributed by atoms with van der Waals surface area (Å²) in [6.45, 7) is 3.62. The number of rotatable bonds is 3. The lowest BCUT2D eigenvalue weighted by molar-refractivity contribution is 0.147. The molecule has 0 unspecified atom stereocenters. The molecule has 4 nitrogen and oxygen atoms in total. The Hall–Kier alpha value is -1.50. The topological polar surface area (TPSA) is 47.8 Å². The maximum absolute atomic E-state index is 13.1. The minimum Gasteiger partial charge on any atom is -0.290 e. The Kier molecular flexibility index (Phi) is 3.84. The first-order valence-electron chi connectivity index (χ1n) is 5.71. The summed E-state index contributed by atoms with van der Waals surface area (Å²) < 4.78 is 27.5. The molecule has 2 aromatic rings. The number of pyridine rings is 1. The van der Waals surface area contributed by atoms with Gasteiger partial charge in [-0.05, 0) is 26.2 Å². The van der Waals surface area contributed by atoms with Gasteiger partial charge in [0.1, 0.15) is 11.3 Å². The van der Waals surface area contributed by atoms with E-state index in [4.69, 9.17) is 0 Å². The molecule has 0 bridgehead atoms. The van der Waals surface area contributed by atoms with Gasteiger partial charge in [0.25, 0.3) is 12.0 Å². The molecule has 0 saturated heterocycles. The molecule has 2 heterocycles. The number of hydrogen-bond acceptors (Lipinski definition) is 4. The van der Waals surface area contributed by atoms with Crippen LogP contribution in [0.25, 0.3) is 11.0 Å². The van der Waals surface area contributed by atoms with Crippen molar-refractivity contribution in [2.45, 2.75) is 31.5 Å². The van der Waals surface area contributed by atoms with Crippen LogP contribution >= 0.6 is 11.8 Å². The van der Waals surface area contributed by atoms with Crippen LogP contribution in [0.3, 0.4) is 0 Å². The van der Waals surface area contributed by atoms with Crippen molar-refractivity contribution < 1.29 is 8.78 Å². The number of thioether (sulfide) groups is 1. The second-order valence-corrected chi connectivity index (χ2v) is 5.04. The molecule has 2 rings (SSSR count). The van der Waals surface area contributed by atoms with E-state index in [2.05, 4.69) is 9.97 Å². The maximum Gasteiger partial charge on any atom is 0.281 e. The van der Waals surface area contributed by atoms with E-state index in [0.717, 1.165) is 0 Å². The van der Waals surface area contributed by atoms with Crippen molar-refractivity contribution in [3.63, 3.8) is 0 Å². The third kappa shape index (κ3) is 2.47. The summed E-state index contributed by atoms with van der Waals surface area (Å²) in [6, 6.07) is 2.48. The zero-order valence-electron chi connectivity index (χ0n) is 10.7. The third-order valence-electron chi connectivity index (χ3n) is 2.70. The van der Waals surface area contributed by atoms with E-state index in [1.54, 1.807) is 6.26 Å². The second-order valence-electron chi connectivity index (χ2n) is 4.27. The average molecular weight is 285 g/mol. The van der Waals surface area contributed by atoms with Crippen LogP contribution < -0.4 is 5.56 Å². The summed E-state index contributed by atoms with van der Waals surface area (Å²) in [6.07, 6.45) is -0.994. The average Bonchev–Trinajstić information content (AvgIpc) is 2.36. The first-order chi connectivity index (χ1) is 8.95. The number of aromatic nitrogens is 3. The molecule has 0 aliphatic heterocycles. The van der Waals surface area contributed by atoms with Crippen LogP contribution in [0.1, 0.15) is 32.0 Å². The van der Waals surface area contributed by atoms with Gasteiger partial charge in [0.15, 0.2) is 5.16 Å². The van der Waals surface area contributed by atoms with Gasteiger partial charge in [-0.25, -0.2) is 18.7 Å². The van der Waals surface area contributed by atoms with Crippen LogP contribution in [-0.2, 0) is 0 Å². The minimum atomic E-state index is -2.70. The van der Waals surface area contributed by atoms with Gasteiger partial charge in [-0.15, -0.1) is 0 Å². The molecule has 102 valence electrons. The van der Waals surface area contributed by atoms with E-state index in [0.29, 0.717) is 0 Å². The summed E-state index contributed by atoms with van der Waals surface area (Å²) >= 11 is 1.17. The number of nitrogens with zero attached hydrogens (tertiary/aromatic N) is 3. The molecular formula is C12H13F2N3OS. The fourth-order valence-corrected chi connectivity index (χ4v) is 2.26. The predicted octanol–water partition coefficient (Wildman–Crippen LogP) is 3.03. The van der Waals surface area contributed by atoms with Crippen molar-refractivity contribution in [2.24, 2.45) is 0 Å². The van der Waals surface area contributed by atoms with E-state index in [1.807, 2.05) is 13.8 Å². The van der Waals surface area contributed by atoms with Crippen LogP contribution in [0.15, 0.2) is 22.1 Å². The van der Waals surface area contributed by atoms with Gasteiger partial charge in [0, 0.05) is 17.5 Å². The lowest BCUT2D eigenvalue weighted by Gasteiger charge is -2.14. The summed E-state index contributed by atoms with van der Waals surface area (Å²) in [4.78, 5) is 19.9. The molecule has 0 radical (unpaired) electrons. The summed E-state index contributed by atoms with van der Waals surface area (Å²) in [5.41, 5.74) is -0.325. The Morgan fingerprint density at radius 3 is 2.47 bits per heavy atom. The van der Waals surface area contributed by atoms with E-state index in [-0.39, 0.29) is 33.5 Å². The molecule has 19 heavy (non-hydrogen) atoms. The Morgan fingerprint density at radius 1 is 1.26 bits per heavy atom. The molecule has 0 aliphatic carbocycles. The molecule has 7 heteroatoms. The van der Waals surface area contributed by atoms with Crippen molar-refractivity contribution in [3.8, 4) is 0 Å². The Bertz CT molecular complexity index is 670. The highest BCUT2D eigenvalue weighted by Gasteiger charge is 2.19. The van der Waals surface area contributed by atoms with Crippen LogP contribution in [0.5, 0.6) is 0 Å². The second kappa shape index (κ2) is 5.24. The first kappa shape index (κ1) is 13.9. The first-order valence-corrected chi connectivity index (χ1v) is 6.93. The molecule has 0 aliphatic rings. The smallest absolute Gasteiger partial charge is 0.281 e. The largest absolute Gasteiger partial charge is 0.290 e. The van der Waals surface area contributed by atoms with Crippen LogP contribution in [0.4, 0.5) is 8.78 Å². The van der Waals surface area contributed by atoms with E-state index in [1.165, 1.54) is 28.5 Å². The van der Waals surface area contributed by atoms with Crippen molar-refractivity contribution in [3.05, 3.63) is 28.2 Å². The molecule has 0 fully saturated rings. The molecule has 0 saturated carbocycles. The molecule has 0 spiro atoms. The zero-order chi connectivity index (χ0) is 14.2. The Labute approximate surface area is 112 Å². The van der Waals surface area contributed by atoms with Gasteiger partial charge in [-0.1, -0.05) is 11.8 Å². The summed E-state index contributed by atoms with van der Waals surface area (Å²) in [7, 11) is 0. The summed E-state index contributed by atoms with van der Waals surface area (Å²) in [5, 5.41) is 0.462. The van der Waals surface area contributed by atoms with Gasteiger partial charge >= 0.3 is 0 Å². The fraction of sp³-hybridized carbons (Fsp3) is 0.417. The number of alkyl halides is 2. The van der Waals surface area contributed by atoms with E-state index >= 15 is 0 Å². The highest BCUT2D eigenvalue weighted by atomic mass is 32.2. The number of fused-ring (bicyclic) bond motifs is 1. The van der Waals surface area contributed by atoms with Crippen LogP contribution in [0, 0.1) is 0 Å². The highest BCUT2D eigenvalue weighted by Crippen LogP contribution is 2.27. The van der Waals surface area contributed by atoms with Crippen molar-refractivity contribution in [2.75, 3.05) is 6.26 Å². The highest BCUT2D eigenvalue weighted by molar-refractivity contribution is 7.98. The molecule has 0 atom stereocenters. The molecule has 0 aromatic carbocycles. The van der Waals surface area contributed by atoms with Gasteiger partial charge in [-0.3, -0.25) is 9.36 Å². The molecule has 2 aromatic heterocycles. The minimum absolute atomic E-state index is 0.161. The Balaban J connectivity index is 2.93. The lowest BCUT2D eigenvalue weighted by Crippen LogP contribution is -2.22. The normalized spacial score (nSPS) is 11.7. The van der Waals surface area contributed by atoms with Crippen molar-refractivity contribution in [1.82, 2.24) is 14.5 Å². The van der Waals surface area contributed by atoms with Gasteiger partial charge in [0.05, 0.1) is 0 Å². The van der Waals surface area contributed by atoms with Gasteiger partial charge in [0.2, 0.25) is 0 Å². The standard InChI is InChI=1S/C12H13F2N3OS/c1-6(2)17-8(18)5-4-7-9(10(13)14)15-12(19-3)16-11(7)17/h4-6,10H,1-3H3. The summed E-state index contributed by atoms with van der Waals surface area (Å²) in [5.74, 6) is 0. The monoisotopic (exact) mass is 285 g/mol. The van der Waals surface area contributed by atoms with E-state index < -0.39 is 6.43 Å². The van der Waals surface area contributed by atoms with Crippen molar-refractivity contribution in [1.29, 1.82) is 0 Å². The quantitative estimate of drug-likeness (QED) is 0.642. The number of halogens is 2. The number of hydrogen-bond donors (Lipinski definition) is 0. The predicted molar refractivity (Wildman–Crippen MR) is 70.9 cm³/mol. The molecular weight excluding hydrogens is 272 g/mol.